The molecule has 0 saturated carbocycles. The number of rotatable bonds is 9. The number of ether oxygens (including phenoxy) is 1. The molecule has 2 aromatic carbocycles. The van der Waals surface area contributed by atoms with Gasteiger partial charge in [-0.15, -0.1) is 0 Å². The molecule has 1 aliphatic rings. The summed E-state index contributed by atoms with van der Waals surface area (Å²) in [5, 5.41) is 18.2. The number of amides is 1. The summed E-state index contributed by atoms with van der Waals surface area (Å²) in [6.45, 7) is 8.46. The maximum atomic E-state index is 15.5. The predicted octanol–water partition coefficient (Wildman–Crippen LogP) is 5.50. The fraction of sp³-hybridized carbons (Fsp3) is 0.344. The Bertz CT molecular complexity index is 1830. The van der Waals surface area contributed by atoms with E-state index in [9.17, 15) is 18.8 Å². The number of nitrogens with two attached hydrogens (primary N) is 1. The van der Waals surface area contributed by atoms with Gasteiger partial charge < -0.3 is 20.7 Å². The maximum Gasteiger partial charge on any atom is 0.264 e. The zero-order valence-electron chi connectivity index (χ0n) is 25.3. The number of carbonyl (C=O) groups excluding carboxylic acids is 1. The molecule has 3 N–H and O–H groups in total. The summed E-state index contributed by atoms with van der Waals surface area (Å²) in [4.78, 5) is 23.6. The number of nitrogens with zero attached hydrogens (tertiary/aromatic N) is 6. The van der Waals surface area contributed by atoms with Crippen LogP contribution in [0.25, 0.3) is 22.3 Å². The Kier molecular flexibility index (Phi) is 8.79. The summed E-state index contributed by atoms with van der Waals surface area (Å²) in [5.74, 6) is -3.77. The van der Waals surface area contributed by atoms with Gasteiger partial charge in [0.05, 0.1) is 18.0 Å². The summed E-state index contributed by atoms with van der Waals surface area (Å²) in [6.07, 6.45) is 4.32. The third-order valence-corrected chi connectivity index (χ3v) is 7.44. The Morgan fingerprint density at radius 3 is 2.71 bits per heavy atom. The van der Waals surface area contributed by atoms with Crippen molar-refractivity contribution in [1.29, 1.82) is 5.26 Å². The van der Waals surface area contributed by atoms with Crippen LogP contribution < -0.4 is 15.8 Å². The molecule has 4 aromatic rings. The van der Waals surface area contributed by atoms with E-state index in [1.165, 1.54) is 30.6 Å². The smallest absolute Gasteiger partial charge is 0.264 e. The van der Waals surface area contributed by atoms with E-state index in [4.69, 9.17) is 10.5 Å². The third kappa shape index (κ3) is 6.61. The van der Waals surface area contributed by atoms with Crippen molar-refractivity contribution in [3.05, 3.63) is 71.8 Å². The Balaban J connectivity index is 1.45. The molecule has 45 heavy (non-hydrogen) atoms. The van der Waals surface area contributed by atoms with Gasteiger partial charge in [-0.25, -0.2) is 23.4 Å². The lowest BCUT2D eigenvalue weighted by Gasteiger charge is -2.28. The van der Waals surface area contributed by atoms with Crippen molar-refractivity contribution in [2.45, 2.75) is 64.7 Å². The van der Waals surface area contributed by atoms with Crippen molar-refractivity contribution >= 4 is 22.8 Å². The van der Waals surface area contributed by atoms with Crippen LogP contribution in [0.1, 0.15) is 40.5 Å². The number of aromatic nitrogens is 4. The lowest BCUT2D eigenvalue weighted by atomic mass is 9.99. The van der Waals surface area contributed by atoms with Gasteiger partial charge in [-0.1, -0.05) is 19.9 Å². The second-order valence-corrected chi connectivity index (χ2v) is 11.8. The van der Waals surface area contributed by atoms with Gasteiger partial charge in [0.15, 0.2) is 17.2 Å². The number of anilines is 1. The molecular weight excluding hydrogens is 585 g/mol. The van der Waals surface area contributed by atoms with Crippen molar-refractivity contribution in [3.63, 3.8) is 0 Å². The quantitative estimate of drug-likeness (QED) is 0.185. The number of likely N-dealkylation sites (tertiary alicyclic amines) is 1. The normalized spacial score (nSPS) is 15.6. The van der Waals surface area contributed by atoms with Gasteiger partial charge in [0.25, 0.3) is 5.91 Å². The van der Waals surface area contributed by atoms with Crippen molar-refractivity contribution in [2.24, 2.45) is 0 Å². The highest BCUT2D eigenvalue weighted by Crippen LogP contribution is 2.35. The molecule has 10 nitrogen and oxygen atoms in total. The number of hydrogen-bond acceptors (Lipinski definition) is 8. The number of hydrogen-bond donors (Lipinski definition) is 2. The van der Waals surface area contributed by atoms with E-state index in [0.29, 0.717) is 24.0 Å². The number of halogens is 3. The van der Waals surface area contributed by atoms with E-state index < -0.39 is 23.0 Å². The molecule has 1 saturated heterocycles. The predicted molar refractivity (Wildman–Crippen MR) is 162 cm³/mol. The molecule has 1 aliphatic heterocycles. The van der Waals surface area contributed by atoms with E-state index >= 15 is 4.39 Å². The first-order chi connectivity index (χ1) is 21.4. The zero-order valence-corrected chi connectivity index (χ0v) is 25.3. The molecule has 0 spiro atoms. The zero-order chi connectivity index (χ0) is 32.5. The van der Waals surface area contributed by atoms with Crippen molar-refractivity contribution in [1.82, 2.24) is 30.0 Å². The van der Waals surface area contributed by atoms with Gasteiger partial charge in [-0.2, -0.15) is 14.8 Å². The number of fused-ring (bicyclic) bond motifs is 1. The average Bonchev–Trinajstić information content (AvgIpc) is 3.59. The Labute approximate surface area is 258 Å². The molecule has 0 radical (unpaired) electrons. The summed E-state index contributed by atoms with van der Waals surface area (Å²) in [7, 11) is 0. The molecular formula is C32H33F3N8O2. The average molecular weight is 619 g/mol. The van der Waals surface area contributed by atoms with Gasteiger partial charge in [-0.3, -0.25) is 4.79 Å². The minimum Gasteiger partial charge on any atom is -0.454 e. The van der Waals surface area contributed by atoms with E-state index in [2.05, 4.69) is 26.5 Å². The third-order valence-electron chi connectivity index (χ3n) is 7.44. The lowest BCUT2D eigenvalue weighted by molar-refractivity contribution is -0.127. The van der Waals surface area contributed by atoms with Crippen LogP contribution in [0.5, 0.6) is 11.5 Å². The second kappa shape index (κ2) is 12.6. The monoisotopic (exact) mass is 618 g/mol. The first kappa shape index (κ1) is 31.5. The Hall–Kier alpha value is -4.96. The minimum absolute atomic E-state index is 0.0418. The number of carbonyl (C=O) groups is 1. The molecule has 1 fully saturated rings. The molecule has 3 heterocycles. The fourth-order valence-electron chi connectivity index (χ4n) is 5.72. The van der Waals surface area contributed by atoms with Crippen molar-refractivity contribution in [3.8, 4) is 28.8 Å². The van der Waals surface area contributed by atoms with Crippen molar-refractivity contribution in [2.75, 3.05) is 12.3 Å². The van der Waals surface area contributed by atoms with Gasteiger partial charge in [-0.05, 0) is 57.0 Å². The highest BCUT2D eigenvalue weighted by atomic mass is 19.2. The Morgan fingerprint density at radius 1 is 1.22 bits per heavy atom. The largest absolute Gasteiger partial charge is 0.454 e. The molecule has 13 heteroatoms. The van der Waals surface area contributed by atoms with Gasteiger partial charge in [0.2, 0.25) is 5.82 Å². The van der Waals surface area contributed by atoms with Gasteiger partial charge in [0, 0.05) is 29.8 Å². The van der Waals surface area contributed by atoms with E-state index in [1.54, 1.807) is 15.7 Å². The highest BCUT2D eigenvalue weighted by Gasteiger charge is 2.33. The molecule has 0 unspecified atom stereocenters. The van der Waals surface area contributed by atoms with Crippen LogP contribution in [0, 0.1) is 28.8 Å². The summed E-state index contributed by atoms with van der Waals surface area (Å²) in [5.41, 5.74) is 6.24. The highest BCUT2D eigenvalue weighted by molar-refractivity contribution is 5.99. The summed E-state index contributed by atoms with van der Waals surface area (Å²) < 4.78 is 50.2. The number of benzene rings is 2. The van der Waals surface area contributed by atoms with Crippen LogP contribution in [0.15, 0.2) is 54.4 Å². The van der Waals surface area contributed by atoms with Crippen LogP contribution >= 0.6 is 0 Å². The number of nitrogen functional groups attached to an aromatic ring is 1. The number of nitrogens with one attached hydrogen (secondary N) is 1. The molecule has 1 amide bonds. The Morgan fingerprint density at radius 2 is 2.00 bits per heavy atom. The molecule has 0 aliphatic carbocycles. The number of nitriles is 1. The summed E-state index contributed by atoms with van der Waals surface area (Å²) in [6, 6.07) is 9.18. The first-order valence-corrected chi connectivity index (χ1v) is 14.5. The van der Waals surface area contributed by atoms with E-state index in [1.807, 2.05) is 27.7 Å². The standard InChI is InChI=1S/C32H33F3N8O2/c1-18(2)40-32(3,4)14-19(15-36)31(44)42-12-6-7-20(42)16-43-30-26(29(37)38-17-39-30)28(41-43)22-11-10-21(13-24(22)34)45-25-9-5-8-23(33)27(25)35/h5,8-11,13-14,17-18,20,40H,6-7,12,16H2,1-4H3,(H2,37,38,39)/b19-14-/t20-/m1/s1. The van der Waals surface area contributed by atoms with Crippen LogP contribution in [0.3, 0.4) is 0 Å². The molecule has 1 atom stereocenters. The summed E-state index contributed by atoms with van der Waals surface area (Å²) >= 11 is 0. The van der Waals surface area contributed by atoms with Crippen LogP contribution in [0.4, 0.5) is 19.0 Å². The van der Waals surface area contributed by atoms with Crippen LogP contribution in [-0.2, 0) is 11.3 Å². The molecule has 0 bridgehead atoms. The topological polar surface area (TPSA) is 135 Å². The van der Waals surface area contributed by atoms with Crippen LogP contribution in [-0.4, -0.2) is 54.7 Å². The lowest BCUT2D eigenvalue weighted by Crippen LogP contribution is -2.44. The molecule has 234 valence electrons. The van der Waals surface area contributed by atoms with E-state index in [0.717, 1.165) is 18.6 Å². The van der Waals surface area contributed by atoms with E-state index in [-0.39, 0.29) is 58.7 Å². The molecule has 5 rings (SSSR count). The maximum absolute atomic E-state index is 15.5. The van der Waals surface area contributed by atoms with Gasteiger partial charge >= 0.3 is 0 Å². The second-order valence-electron chi connectivity index (χ2n) is 11.8. The SMILES string of the molecule is CC(C)NC(C)(C)/C=C(/C#N)C(=O)N1CCC[C@@H]1Cn1nc(-c2ccc(Oc3cccc(F)c3F)cc2F)c2c(N)ncnc21. The molecule has 2 aromatic heterocycles. The van der Waals surface area contributed by atoms with Gasteiger partial charge in [0.1, 0.15) is 41.0 Å². The first-order valence-electron chi connectivity index (χ1n) is 14.5. The van der Waals surface area contributed by atoms with Crippen molar-refractivity contribution < 1.29 is 22.7 Å². The fourth-order valence-corrected chi connectivity index (χ4v) is 5.72. The minimum atomic E-state index is -1.19. The van der Waals surface area contributed by atoms with Crippen LogP contribution in [0.2, 0.25) is 0 Å².